The summed E-state index contributed by atoms with van der Waals surface area (Å²) < 4.78 is 0. The van der Waals surface area contributed by atoms with Crippen LogP contribution in [0, 0.1) is 0 Å². The quantitative estimate of drug-likeness (QED) is 0.777. The van der Waals surface area contributed by atoms with Crippen LogP contribution in [0.25, 0.3) is 10.9 Å². The van der Waals surface area contributed by atoms with Crippen molar-refractivity contribution in [1.29, 1.82) is 0 Å². The highest BCUT2D eigenvalue weighted by Gasteiger charge is 2.09. The van der Waals surface area contributed by atoms with Gasteiger partial charge in [-0.15, -0.1) is 12.4 Å². The van der Waals surface area contributed by atoms with Gasteiger partial charge in [0.15, 0.2) is 0 Å². The molecule has 1 aromatic heterocycles. The summed E-state index contributed by atoms with van der Waals surface area (Å²) in [6.45, 7) is 5.59. The number of para-hydroxylation sites is 1. The summed E-state index contributed by atoms with van der Waals surface area (Å²) in [7, 11) is 0. The first-order valence-electron chi connectivity index (χ1n) is 7.13. The molecule has 1 atom stereocenters. The van der Waals surface area contributed by atoms with Crippen LogP contribution in [-0.2, 0) is 6.42 Å². The van der Waals surface area contributed by atoms with Gasteiger partial charge in [-0.25, -0.2) is 0 Å². The Bertz CT molecular complexity index is 445. The molecule has 3 heteroatoms. The van der Waals surface area contributed by atoms with Gasteiger partial charge in [-0.1, -0.05) is 38.5 Å². The number of benzene rings is 1. The van der Waals surface area contributed by atoms with Crippen LogP contribution in [0.2, 0.25) is 0 Å². The third kappa shape index (κ3) is 4.55. The molecule has 1 heterocycles. The molecule has 0 spiro atoms. The number of fused-ring (bicyclic) bond motifs is 1. The van der Waals surface area contributed by atoms with E-state index in [4.69, 9.17) is 0 Å². The Labute approximate surface area is 122 Å². The SMILES string of the molecule is CCCNC(CCC)Cc1cc2ccccc2[nH]1.Cl. The first-order chi connectivity index (χ1) is 8.83. The summed E-state index contributed by atoms with van der Waals surface area (Å²) in [5, 5.41) is 4.96. The zero-order valence-corrected chi connectivity index (χ0v) is 12.7. The molecule has 0 aliphatic carbocycles. The first kappa shape index (κ1) is 16.1. The molecule has 2 N–H and O–H groups in total. The van der Waals surface area contributed by atoms with Crippen molar-refractivity contribution in [2.45, 2.75) is 45.6 Å². The van der Waals surface area contributed by atoms with Gasteiger partial charge < -0.3 is 10.3 Å². The average Bonchev–Trinajstić information content (AvgIpc) is 2.78. The largest absolute Gasteiger partial charge is 0.358 e. The highest BCUT2D eigenvalue weighted by molar-refractivity contribution is 5.85. The predicted octanol–water partition coefficient (Wildman–Crippen LogP) is 4.30. The molecule has 2 nitrogen and oxygen atoms in total. The molecule has 0 amide bonds. The molecule has 1 unspecified atom stereocenters. The summed E-state index contributed by atoms with van der Waals surface area (Å²) in [6.07, 6.45) is 4.78. The van der Waals surface area contributed by atoms with Crippen LogP contribution < -0.4 is 5.32 Å². The standard InChI is InChI=1S/C16H24N2.ClH/c1-3-7-14(17-10-4-2)12-15-11-13-8-5-6-9-16(13)18-15;/h5-6,8-9,11,14,17-18H,3-4,7,10,12H2,1-2H3;1H. The fourth-order valence-corrected chi connectivity index (χ4v) is 2.48. The summed E-state index contributed by atoms with van der Waals surface area (Å²) >= 11 is 0. The summed E-state index contributed by atoms with van der Waals surface area (Å²) in [5.74, 6) is 0. The number of halogens is 1. The summed E-state index contributed by atoms with van der Waals surface area (Å²) in [5.41, 5.74) is 2.59. The summed E-state index contributed by atoms with van der Waals surface area (Å²) in [4.78, 5) is 3.52. The Hall–Kier alpha value is -0.990. The van der Waals surface area contributed by atoms with Crippen molar-refractivity contribution in [1.82, 2.24) is 10.3 Å². The molecule has 106 valence electrons. The van der Waals surface area contributed by atoms with Crippen molar-refractivity contribution < 1.29 is 0 Å². The minimum absolute atomic E-state index is 0. The molecule has 0 fully saturated rings. The average molecular weight is 281 g/mol. The van der Waals surface area contributed by atoms with Gasteiger partial charge in [0.1, 0.15) is 0 Å². The number of aromatic amines is 1. The Balaban J connectivity index is 0.00000180. The van der Waals surface area contributed by atoms with Crippen LogP contribution in [-0.4, -0.2) is 17.6 Å². The van der Waals surface area contributed by atoms with Crippen LogP contribution in [0.1, 0.15) is 38.8 Å². The molecule has 0 aliphatic heterocycles. The maximum Gasteiger partial charge on any atom is 0.0456 e. The minimum atomic E-state index is 0. The third-order valence-electron chi connectivity index (χ3n) is 3.37. The fraction of sp³-hybridized carbons (Fsp3) is 0.500. The summed E-state index contributed by atoms with van der Waals surface area (Å²) in [6, 6.07) is 11.4. The van der Waals surface area contributed by atoms with E-state index in [0.717, 1.165) is 13.0 Å². The van der Waals surface area contributed by atoms with Crippen LogP contribution in [0.3, 0.4) is 0 Å². The second-order valence-corrected chi connectivity index (χ2v) is 5.03. The highest BCUT2D eigenvalue weighted by atomic mass is 35.5. The van der Waals surface area contributed by atoms with Crippen LogP contribution >= 0.6 is 12.4 Å². The molecule has 19 heavy (non-hydrogen) atoms. The number of rotatable bonds is 7. The molecule has 2 rings (SSSR count). The lowest BCUT2D eigenvalue weighted by molar-refractivity contribution is 0.470. The van der Waals surface area contributed by atoms with Gasteiger partial charge in [0.25, 0.3) is 0 Å². The van der Waals surface area contributed by atoms with Crippen molar-refractivity contribution in [2.24, 2.45) is 0 Å². The number of hydrogen-bond donors (Lipinski definition) is 2. The van der Waals surface area contributed by atoms with E-state index in [2.05, 4.69) is 54.5 Å². The Morgan fingerprint density at radius 1 is 1.16 bits per heavy atom. The lowest BCUT2D eigenvalue weighted by atomic mass is 10.1. The van der Waals surface area contributed by atoms with E-state index in [-0.39, 0.29) is 12.4 Å². The maximum absolute atomic E-state index is 3.64. The maximum atomic E-state index is 3.64. The van der Waals surface area contributed by atoms with Gasteiger partial charge >= 0.3 is 0 Å². The molecular weight excluding hydrogens is 256 g/mol. The Kier molecular flexibility index (Phi) is 6.96. The van der Waals surface area contributed by atoms with E-state index in [1.807, 2.05) is 0 Å². The van der Waals surface area contributed by atoms with Gasteiger partial charge in [0, 0.05) is 23.7 Å². The molecule has 0 aliphatic rings. The van der Waals surface area contributed by atoms with E-state index in [1.54, 1.807) is 0 Å². The third-order valence-corrected chi connectivity index (χ3v) is 3.37. The van der Waals surface area contributed by atoms with E-state index < -0.39 is 0 Å². The number of hydrogen-bond acceptors (Lipinski definition) is 1. The van der Waals surface area contributed by atoms with E-state index in [1.165, 1.54) is 35.9 Å². The molecule has 0 radical (unpaired) electrons. The van der Waals surface area contributed by atoms with Crippen molar-refractivity contribution >= 4 is 23.3 Å². The fourth-order valence-electron chi connectivity index (χ4n) is 2.48. The molecule has 1 aromatic carbocycles. The zero-order valence-electron chi connectivity index (χ0n) is 11.9. The van der Waals surface area contributed by atoms with Gasteiger partial charge in [-0.3, -0.25) is 0 Å². The topological polar surface area (TPSA) is 27.8 Å². The van der Waals surface area contributed by atoms with E-state index in [0.29, 0.717) is 6.04 Å². The molecular formula is C16H25ClN2. The monoisotopic (exact) mass is 280 g/mol. The molecule has 0 saturated heterocycles. The highest BCUT2D eigenvalue weighted by Crippen LogP contribution is 2.16. The smallest absolute Gasteiger partial charge is 0.0456 e. The Morgan fingerprint density at radius 3 is 2.63 bits per heavy atom. The minimum Gasteiger partial charge on any atom is -0.358 e. The van der Waals surface area contributed by atoms with Gasteiger partial charge in [0.2, 0.25) is 0 Å². The van der Waals surface area contributed by atoms with Crippen LogP contribution in [0.5, 0.6) is 0 Å². The van der Waals surface area contributed by atoms with Gasteiger partial charge in [-0.05, 0) is 36.9 Å². The van der Waals surface area contributed by atoms with Gasteiger partial charge in [0.05, 0.1) is 0 Å². The number of aromatic nitrogens is 1. The predicted molar refractivity (Wildman–Crippen MR) is 86.2 cm³/mol. The zero-order chi connectivity index (χ0) is 12.8. The lowest BCUT2D eigenvalue weighted by Crippen LogP contribution is -2.31. The van der Waals surface area contributed by atoms with Crippen molar-refractivity contribution in [3.05, 3.63) is 36.0 Å². The van der Waals surface area contributed by atoms with Crippen molar-refractivity contribution in [3.63, 3.8) is 0 Å². The second kappa shape index (κ2) is 8.23. The number of nitrogens with one attached hydrogen (secondary N) is 2. The Morgan fingerprint density at radius 2 is 1.95 bits per heavy atom. The molecule has 0 saturated carbocycles. The van der Waals surface area contributed by atoms with Crippen LogP contribution in [0.4, 0.5) is 0 Å². The normalized spacial score (nSPS) is 12.3. The van der Waals surface area contributed by atoms with Gasteiger partial charge in [-0.2, -0.15) is 0 Å². The van der Waals surface area contributed by atoms with Crippen molar-refractivity contribution in [2.75, 3.05) is 6.54 Å². The lowest BCUT2D eigenvalue weighted by Gasteiger charge is -2.16. The second-order valence-electron chi connectivity index (χ2n) is 5.03. The molecule has 0 bridgehead atoms. The van der Waals surface area contributed by atoms with E-state index >= 15 is 0 Å². The number of H-pyrrole nitrogens is 1. The van der Waals surface area contributed by atoms with Crippen molar-refractivity contribution in [3.8, 4) is 0 Å². The van der Waals surface area contributed by atoms with E-state index in [9.17, 15) is 0 Å². The first-order valence-corrected chi connectivity index (χ1v) is 7.13. The van der Waals surface area contributed by atoms with Crippen LogP contribution in [0.15, 0.2) is 30.3 Å². The molecule has 2 aromatic rings.